The van der Waals surface area contributed by atoms with Crippen molar-refractivity contribution in [2.45, 2.75) is 104 Å². The maximum Gasteiger partial charge on any atom is 0.308 e. The number of hydrogen-bond donors (Lipinski definition) is 2. The van der Waals surface area contributed by atoms with Crippen LogP contribution < -0.4 is 10.1 Å². The summed E-state index contributed by atoms with van der Waals surface area (Å²) in [5, 5.41) is 18.6. The van der Waals surface area contributed by atoms with E-state index in [1.807, 2.05) is 48.5 Å². The van der Waals surface area contributed by atoms with Gasteiger partial charge in [0.2, 0.25) is 5.91 Å². The number of anilines is 1. The highest BCUT2D eigenvalue weighted by Gasteiger charge is 2.37. The molecule has 0 aliphatic carbocycles. The summed E-state index contributed by atoms with van der Waals surface area (Å²) < 4.78 is 26.6. The Hall–Kier alpha value is -3.54. The zero-order valence-electron chi connectivity index (χ0n) is 26.4. The first-order chi connectivity index (χ1) is 20.6. The monoisotopic (exact) mass is 630 g/mol. The van der Waals surface area contributed by atoms with Crippen LogP contribution in [0.4, 0.5) is 5.82 Å². The third kappa shape index (κ3) is 9.48. The topological polar surface area (TPSA) is 126 Å². The lowest BCUT2D eigenvalue weighted by Crippen LogP contribution is -2.47. The molecule has 1 aromatic carbocycles. The van der Waals surface area contributed by atoms with Gasteiger partial charge in [0.1, 0.15) is 23.1 Å². The molecule has 0 bridgehead atoms. The molecule has 12 heteroatoms. The minimum absolute atomic E-state index is 0.112. The molecule has 2 aromatic heterocycles. The van der Waals surface area contributed by atoms with Crippen molar-refractivity contribution in [3.8, 4) is 17.4 Å². The lowest BCUT2D eigenvalue weighted by molar-refractivity contribution is -0.302. The van der Waals surface area contributed by atoms with Crippen LogP contribution in [0, 0.1) is 5.92 Å². The molecule has 0 unspecified atom stereocenters. The standard InChI is InChI=1S/C32H43ClN4O7/c1-20(2)14-25(37-19-22(16-28(37)38)41-26-11-9-8-10-24(26)33)30(40)34-27-12-13-36(35-27)18-23-15-21(42-32(6,7)43-23)17-29(39)44-31(3,4)5/h8-13,16,19-21,23,25,38H,14-15,17-18H2,1-7H3,(H,34,35,40)/t21-,23+,25+/m1/s1. The number of amides is 1. The fourth-order valence-corrected chi connectivity index (χ4v) is 5.34. The second-order valence-corrected chi connectivity index (χ2v) is 13.3. The summed E-state index contributed by atoms with van der Waals surface area (Å²) in [5.74, 6) is -0.355. The lowest BCUT2D eigenvalue weighted by atomic mass is 10.0. The van der Waals surface area contributed by atoms with Gasteiger partial charge in [0.15, 0.2) is 17.5 Å². The third-order valence-corrected chi connectivity index (χ3v) is 7.04. The van der Waals surface area contributed by atoms with E-state index in [0.717, 1.165) is 0 Å². The summed E-state index contributed by atoms with van der Waals surface area (Å²) in [6, 6.07) is 9.45. The number of carbonyl (C=O) groups is 2. The van der Waals surface area contributed by atoms with Crippen LogP contribution >= 0.6 is 11.6 Å². The fraction of sp³-hybridized carbons (Fsp3) is 0.531. The number of hydrogen-bond acceptors (Lipinski definition) is 8. The van der Waals surface area contributed by atoms with Gasteiger partial charge < -0.3 is 33.9 Å². The molecule has 11 nitrogen and oxygen atoms in total. The maximum absolute atomic E-state index is 13.5. The van der Waals surface area contributed by atoms with Crippen LogP contribution in [0.15, 0.2) is 48.8 Å². The molecule has 1 aliphatic heterocycles. The fourth-order valence-electron chi connectivity index (χ4n) is 5.17. The number of nitrogens with one attached hydrogen (secondary N) is 1. The summed E-state index contributed by atoms with van der Waals surface area (Å²) >= 11 is 6.22. The number of halogens is 1. The number of nitrogens with zero attached hydrogens (tertiary/aromatic N) is 3. The van der Waals surface area contributed by atoms with Crippen molar-refractivity contribution in [1.29, 1.82) is 0 Å². The SMILES string of the molecule is CC(C)C[C@@H](C(=O)Nc1ccn(C[C@@H]2C[C@H](CC(=O)OC(C)(C)C)OC(C)(C)O2)n1)n1cc(Oc2ccccc2Cl)cc1O. The molecular weight excluding hydrogens is 588 g/mol. The number of ether oxygens (including phenoxy) is 4. The zero-order valence-corrected chi connectivity index (χ0v) is 27.1. The molecule has 3 heterocycles. The first-order valence-electron chi connectivity index (χ1n) is 14.8. The quantitative estimate of drug-likeness (QED) is 0.224. The molecule has 0 saturated carbocycles. The van der Waals surface area contributed by atoms with Gasteiger partial charge in [-0.3, -0.25) is 14.3 Å². The summed E-state index contributed by atoms with van der Waals surface area (Å²) in [7, 11) is 0. The number of carbonyl (C=O) groups excluding carboxylic acids is 2. The van der Waals surface area contributed by atoms with Crippen molar-refractivity contribution in [3.05, 3.63) is 53.8 Å². The lowest BCUT2D eigenvalue weighted by Gasteiger charge is -2.40. The van der Waals surface area contributed by atoms with Gasteiger partial charge in [-0.15, -0.1) is 0 Å². The van der Waals surface area contributed by atoms with E-state index in [9.17, 15) is 14.7 Å². The molecule has 3 aromatic rings. The molecule has 44 heavy (non-hydrogen) atoms. The second-order valence-electron chi connectivity index (χ2n) is 12.9. The molecule has 1 fully saturated rings. The van der Waals surface area contributed by atoms with Gasteiger partial charge >= 0.3 is 5.97 Å². The number of rotatable bonds is 11. The summed E-state index contributed by atoms with van der Waals surface area (Å²) in [5.41, 5.74) is -0.576. The first kappa shape index (κ1) is 33.4. The van der Waals surface area contributed by atoms with Gasteiger partial charge in [0, 0.05) is 24.8 Å². The van der Waals surface area contributed by atoms with Gasteiger partial charge in [0.05, 0.1) is 36.4 Å². The first-order valence-corrected chi connectivity index (χ1v) is 15.2. The van der Waals surface area contributed by atoms with Gasteiger partial charge in [-0.25, -0.2) is 0 Å². The Morgan fingerprint density at radius 3 is 2.57 bits per heavy atom. The average Bonchev–Trinajstić information content (AvgIpc) is 3.46. The van der Waals surface area contributed by atoms with Crippen molar-refractivity contribution in [2.24, 2.45) is 5.92 Å². The van der Waals surface area contributed by atoms with Gasteiger partial charge in [-0.1, -0.05) is 37.6 Å². The molecule has 0 radical (unpaired) electrons. The molecule has 4 rings (SSSR count). The number of aromatic hydroxyl groups is 1. The molecule has 1 saturated heterocycles. The average molecular weight is 631 g/mol. The van der Waals surface area contributed by atoms with Crippen LogP contribution in [0.3, 0.4) is 0 Å². The molecule has 3 atom stereocenters. The number of esters is 1. The van der Waals surface area contributed by atoms with E-state index in [1.165, 1.54) is 10.6 Å². The molecule has 2 N–H and O–H groups in total. The predicted octanol–water partition coefficient (Wildman–Crippen LogP) is 6.70. The highest BCUT2D eigenvalue weighted by atomic mass is 35.5. The molecular formula is C32H43ClN4O7. The van der Waals surface area contributed by atoms with E-state index in [2.05, 4.69) is 10.4 Å². The Labute approximate surface area is 263 Å². The number of para-hydroxylation sites is 1. The largest absolute Gasteiger partial charge is 0.494 e. The normalized spacial score (nSPS) is 19.0. The van der Waals surface area contributed by atoms with Crippen LogP contribution in [-0.2, 0) is 30.3 Å². The van der Waals surface area contributed by atoms with Gasteiger partial charge in [-0.05, 0) is 59.1 Å². The van der Waals surface area contributed by atoms with Crippen molar-refractivity contribution in [1.82, 2.24) is 14.3 Å². The van der Waals surface area contributed by atoms with Gasteiger partial charge in [0.25, 0.3) is 0 Å². The van der Waals surface area contributed by atoms with Crippen molar-refractivity contribution in [3.63, 3.8) is 0 Å². The summed E-state index contributed by atoms with van der Waals surface area (Å²) in [4.78, 5) is 25.9. The molecule has 1 aliphatic rings. The van der Waals surface area contributed by atoms with E-state index in [0.29, 0.717) is 41.7 Å². The molecule has 240 valence electrons. The summed E-state index contributed by atoms with van der Waals surface area (Å²) in [6.45, 7) is 13.5. The third-order valence-electron chi connectivity index (χ3n) is 6.72. The van der Waals surface area contributed by atoms with Crippen molar-refractivity contribution < 1.29 is 33.6 Å². The van der Waals surface area contributed by atoms with E-state index in [-0.39, 0.29) is 42.3 Å². The molecule has 1 amide bonds. The Balaban J connectivity index is 1.42. The molecule has 0 spiro atoms. The Kier molecular flexibility index (Phi) is 10.3. The van der Waals surface area contributed by atoms with E-state index >= 15 is 0 Å². The van der Waals surface area contributed by atoms with Crippen LogP contribution in [0.5, 0.6) is 17.4 Å². The minimum atomic E-state index is -0.892. The second kappa shape index (κ2) is 13.6. The van der Waals surface area contributed by atoms with E-state index < -0.39 is 17.4 Å². The number of aromatic nitrogens is 3. The number of benzene rings is 1. The van der Waals surface area contributed by atoms with Crippen molar-refractivity contribution >= 4 is 29.3 Å². The Morgan fingerprint density at radius 1 is 1.18 bits per heavy atom. The van der Waals surface area contributed by atoms with Crippen LogP contribution in [0.2, 0.25) is 5.02 Å². The highest BCUT2D eigenvalue weighted by molar-refractivity contribution is 6.32. The Morgan fingerprint density at radius 2 is 1.89 bits per heavy atom. The highest BCUT2D eigenvalue weighted by Crippen LogP contribution is 2.35. The van der Waals surface area contributed by atoms with E-state index in [1.54, 1.807) is 47.4 Å². The van der Waals surface area contributed by atoms with Crippen LogP contribution in [0.1, 0.15) is 73.8 Å². The minimum Gasteiger partial charge on any atom is -0.494 e. The van der Waals surface area contributed by atoms with Crippen molar-refractivity contribution in [2.75, 3.05) is 5.32 Å². The zero-order chi connectivity index (χ0) is 32.2. The maximum atomic E-state index is 13.5. The van der Waals surface area contributed by atoms with E-state index in [4.69, 9.17) is 30.5 Å². The Bertz CT molecular complexity index is 1440. The van der Waals surface area contributed by atoms with Crippen LogP contribution in [-0.4, -0.2) is 54.9 Å². The smallest absolute Gasteiger partial charge is 0.308 e. The summed E-state index contributed by atoms with van der Waals surface area (Å²) in [6.07, 6.45) is 3.75. The van der Waals surface area contributed by atoms with Gasteiger partial charge in [-0.2, -0.15) is 5.10 Å². The predicted molar refractivity (Wildman–Crippen MR) is 166 cm³/mol. The van der Waals surface area contributed by atoms with Crippen LogP contribution in [0.25, 0.3) is 0 Å².